The van der Waals surface area contributed by atoms with Gasteiger partial charge in [0.15, 0.2) is 11.6 Å². The smallest absolute Gasteiger partial charge is 0.168 e. The lowest BCUT2D eigenvalue weighted by Gasteiger charge is -2.10. The predicted molar refractivity (Wildman–Crippen MR) is 114 cm³/mol. The van der Waals surface area contributed by atoms with Gasteiger partial charge in [-0.25, -0.2) is 9.97 Å². The summed E-state index contributed by atoms with van der Waals surface area (Å²) in [6.07, 6.45) is 6.19. The van der Waals surface area contributed by atoms with E-state index in [1.165, 1.54) is 0 Å². The maximum absolute atomic E-state index is 12.7. The number of rotatable bonds is 6. The number of carbonyl (C=O) groups excluding carboxylic acids is 2. The van der Waals surface area contributed by atoms with Crippen LogP contribution in [-0.4, -0.2) is 31.5 Å². The monoisotopic (exact) mass is 436 g/mol. The van der Waals surface area contributed by atoms with E-state index in [0.29, 0.717) is 43.6 Å². The quantitative estimate of drug-likeness (QED) is 0.411. The maximum Gasteiger partial charge on any atom is 0.168 e. The summed E-state index contributed by atoms with van der Waals surface area (Å²) in [5.74, 6) is -0.299. The van der Waals surface area contributed by atoms with Crippen molar-refractivity contribution < 1.29 is 9.59 Å². The Kier molecular flexibility index (Phi) is 5.79. The van der Waals surface area contributed by atoms with Crippen molar-refractivity contribution in [3.8, 4) is 0 Å². The summed E-state index contributed by atoms with van der Waals surface area (Å²) < 4.78 is 0. The number of Topliss-reactive ketones (excluding diaryl/α,β-unsaturated/α-hetero) is 2. The Morgan fingerprint density at radius 2 is 1.03 bits per heavy atom. The standard InChI is InChI=1S/C22H14Cl2N4O2/c23-15-9-17-18(10-16(15)24)28-20(12-22(30)14-3-7-26-8-4-14)19(27-17)11-21(29)13-1-5-25-6-2-13/h1-10H,11-12H2. The third kappa shape index (κ3) is 4.35. The third-order valence-corrected chi connectivity index (χ3v) is 5.24. The fraction of sp³-hybridized carbons (Fsp3) is 0.0909. The van der Waals surface area contributed by atoms with E-state index in [9.17, 15) is 9.59 Å². The van der Waals surface area contributed by atoms with Crippen LogP contribution in [0.4, 0.5) is 0 Å². The summed E-state index contributed by atoms with van der Waals surface area (Å²) in [4.78, 5) is 42.5. The van der Waals surface area contributed by atoms with Gasteiger partial charge in [0.25, 0.3) is 0 Å². The van der Waals surface area contributed by atoms with Gasteiger partial charge < -0.3 is 0 Å². The topological polar surface area (TPSA) is 85.7 Å². The van der Waals surface area contributed by atoms with Gasteiger partial charge >= 0.3 is 0 Å². The van der Waals surface area contributed by atoms with Crippen LogP contribution in [-0.2, 0) is 12.8 Å². The number of hydrogen-bond donors (Lipinski definition) is 0. The highest BCUT2D eigenvalue weighted by Crippen LogP contribution is 2.27. The first-order valence-electron chi connectivity index (χ1n) is 9.02. The van der Waals surface area contributed by atoms with Gasteiger partial charge in [-0.2, -0.15) is 0 Å². The molecule has 6 nitrogen and oxygen atoms in total. The number of hydrogen-bond acceptors (Lipinski definition) is 6. The zero-order chi connectivity index (χ0) is 21.1. The molecule has 0 aliphatic carbocycles. The Labute approximate surface area is 181 Å². The highest BCUT2D eigenvalue weighted by molar-refractivity contribution is 6.42. The Morgan fingerprint density at radius 1 is 0.667 bits per heavy atom. The van der Waals surface area contributed by atoms with Gasteiger partial charge in [-0.3, -0.25) is 19.6 Å². The molecule has 0 saturated carbocycles. The molecule has 3 aromatic heterocycles. The molecular weight excluding hydrogens is 423 g/mol. The van der Waals surface area contributed by atoms with Crippen LogP contribution >= 0.6 is 23.2 Å². The molecule has 3 heterocycles. The molecule has 4 aromatic rings. The number of fused-ring (bicyclic) bond motifs is 1. The molecule has 8 heteroatoms. The van der Waals surface area contributed by atoms with Crippen LogP contribution in [0, 0.1) is 0 Å². The molecule has 4 rings (SSSR count). The second kappa shape index (κ2) is 8.65. The Balaban J connectivity index is 1.75. The number of carbonyl (C=O) groups is 2. The van der Waals surface area contributed by atoms with E-state index in [0.717, 1.165) is 0 Å². The van der Waals surface area contributed by atoms with Crippen LogP contribution < -0.4 is 0 Å². The third-order valence-electron chi connectivity index (χ3n) is 4.52. The van der Waals surface area contributed by atoms with Gasteiger partial charge in [0.05, 0.1) is 45.3 Å². The SMILES string of the molecule is O=C(Cc1nc2cc(Cl)c(Cl)cc2nc1CC(=O)c1ccncc1)c1ccncc1. The van der Waals surface area contributed by atoms with E-state index in [-0.39, 0.29) is 24.4 Å². The molecule has 0 fully saturated rings. The van der Waals surface area contributed by atoms with Crippen LogP contribution in [0.25, 0.3) is 11.0 Å². The van der Waals surface area contributed by atoms with E-state index in [2.05, 4.69) is 19.9 Å². The minimum absolute atomic E-state index is 0.00778. The van der Waals surface area contributed by atoms with Gasteiger partial charge in [-0.15, -0.1) is 0 Å². The van der Waals surface area contributed by atoms with Crippen LogP contribution in [0.3, 0.4) is 0 Å². The van der Waals surface area contributed by atoms with Crippen LogP contribution in [0.2, 0.25) is 10.0 Å². The highest BCUT2D eigenvalue weighted by atomic mass is 35.5. The average Bonchev–Trinajstić information content (AvgIpc) is 2.76. The predicted octanol–water partition coefficient (Wildman–Crippen LogP) is 4.58. The zero-order valence-corrected chi connectivity index (χ0v) is 17.1. The molecule has 0 amide bonds. The van der Waals surface area contributed by atoms with E-state index < -0.39 is 0 Å². The fourth-order valence-electron chi connectivity index (χ4n) is 2.99. The van der Waals surface area contributed by atoms with Crippen molar-refractivity contribution in [1.29, 1.82) is 0 Å². The first-order valence-corrected chi connectivity index (χ1v) is 9.78. The van der Waals surface area contributed by atoms with Gasteiger partial charge in [0, 0.05) is 35.9 Å². The van der Waals surface area contributed by atoms with Crippen molar-refractivity contribution in [1.82, 2.24) is 19.9 Å². The van der Waals surface area contributed by atoms with Gasteiger partial charge in [-0.1, -0.05) is 23.2 Å². The Bertz CT molecular complexity index is 1150. The highest BCUT2D eigenvalue weighted by Gasteiger charge is 2.18. The lowest BCUT2D eigenvalue weighted by Crippen LogP contribution is -2.13. The molecule has 30 heavy (non-hydrogen) atoms. The summed E-state index contributed by atoms with van der Waals surface area (Å²) in [5.41, 5.74) is 2.86. The summed E-state index contributed by atoms with van der Waals surface area (Å²) >= 11 is 12.2. The maximum atomic E-state index is 12.7. The first kappa shape index (κ1) is 20.1. The number of aromatic nitrogens is 4. The lowest BCUT2D eigenvalue weighted by atomic mass is 10.0. The summed E-state index contributed by atoms with van der Waals surface area (Å²) in [5, 5.41) is 0.677. The summed E-state index contributed by atoms with van der Waals surface area (Å²) in [7, 11) is 0. The molecule has 1 aromatic carbocycles. The molecule has 0 N–H and O–H groups in total. The Hall–Kier alpha value is -3.22. The zero-order valence-electron chi connectivity index (χ0n) is 15.5. The van der Waals surface area contributed by atoms with Gasteiger partial charge in [0.2, 0.25) is 0 Å². The molecule has 0 atom stereocenters. The minimum atomic E-state index is -0.149. The summed E-state index contributed by atoms with van der Waals surface area (Å²) in [6.45, 7) is 0. The van der Waals surface area contributed by atoms with Crippen molar-refractivity contribution in [2.45, 2.75) is 12.8 Å². The van der Waals surface area contributed by atoms with E-state index in [4.69, 9.17) is 23.2 Å². The molecule has 0 aliphatic rings. The van der Waals surface area contributed by atoms with Crippen molar-refractivity contribution >= 4 is 45.8 Å². The molecule has 0 bridgehead atoms. The van der Waals surface area contributed by atoms with Crippen LogP contribution in [0.1, 0.15) is 32.1 Å². The van der Waals surface area contributed by atoms with Gasteiger partial charge in [0.1, 0.15) is 0 Å². The molecular formula is C22H14Cl2N4O2. The normalized spacial score (nSPS) is 10.9. The fourth-order valence-corrected chi connectivity index (χ4v) is 3.31. The van der Waals surface area contributed by atoms with Crippen molar-refractivity contribution in [3.63, 3.8) is 0 Å². The second-order valence-corrected chi connectivity index (χ2v) is 7.36. The summed E-state index contributed by atoms with van der Waals surface area (Å²) in [6, 6.07) is 9.73. The van der Waals surface area contributed by atoms with Crippen molar-refractivity contribution in [2.75, 3.05) is 0 Å². The molecule has 0 spiro atoms. The molecule has 0 saturated heterocycles. The lowest BCUT2D eigenvalue weighted by molar-refractivity contribution is 0.0977. The van der Waals surface area contributed by atoms with Crippen molar-refractivity contribution in [3.05, 3.63) is 93.7 Å². The molecule has 0 unspecified atom stereocenters. The second-order valence-electron chi connectivity index (χ2n) is 6.54. The van der Waals surface area contributed by atoms with E-state index in [1.807, 2.05) is 0 Å². The largest absolute Gasteiger partial charge is 0.294 e. The number of ketones is 2. The van der Waals surface area contributed by atoms with Crippen molar-refractivity contribution in [2.24, 2.45) is 0 Å². The number of nitrogens with zero attached hydrogens (tertiary/aromatic N) is 4. The molecule has 0 aliphatic heterocycles. The number of benzene rings is 1. The Morgan fingerprint density at radius 3 is 1.40 bits per heavy atom. The molecule has 0 radical (unpaired) electrons. The minimum Gasteiger partial charge on any atom is -0.294 e. The molecule has 148 valence electrons. The number of pyridine rings is 2. The average molecular weight is 437 g/mol. The van der Waals surface area contributed by atoms with E-state index in [1.54, 1.807) is 61.2 Å². The van der Waals surface area contributed by atoms with Crippen LogP contribution in [0.15, 0.2) is 61.2 Å². The van der Waals surface area contributed by atoms with Crippen LogP contribution in [0.5, 0.6) is 0 Å². The van der Waals surface area contributed by atoms with E-state index >= 15 is 0 Å². The number of halogens is 2. The van der Waals surface area contributed by atoms with Gasteiger partial charge in [-0.05, 0) is 36.4 Å². The first-order chi connectivity index (χ1) is 14.5.